The van der Waals surface area contributed by atoms with Crippen molar-refractivity contribution in [2.45, 2.75) is 44.9 Å². The van der Waals surface area contributed by atoms with Crippen LogP contribution < -0.4 is 40.0 Å². The molecule has 0 saturated carbocycles. The smallest absolute Gasteiger partial charge is 0.545 e. The van der Waals surface area contributed by atoms with Crippen LogP contribution in [-0.2, 0) is 9.59 Å². The molecule has 0 saturated heterocycles. The summed E-state index contributed by atoms with van der Waals surface area (Å²) in [6.07, 6.45) is 11.3. The normalized spacial score (nSPS) is 9.89. The van der Waals surface area contributed by atoms with Crippen molar-refractivity contribution >= 4 is 11.9 Å². The number of hydrogen-bond donors (Lipinski definition) is 1. The van der Waals surface area contributed by atoms with Gasteiger partial charge in [0, 0.05) is 6.54 Å². The minimum Gasteiger partial charge on any atom is -0.545 e. The molecule has 1 N–H and O–H groups in total. The minimum atomic E-state index is -1.13. The molecule has 0 radical (unpaired) electrons. The van der Waals surface area contributed by atoms with Gasteiger partial charge in [0.05, 0.1) is 5.97 Å². The first kappa shape index (κ1) is 20.7. The molecule has 0 fully saturated rings. The van der Waals surface area contributed by atoms with Crippen LogP contribution in [0.1, 0.15) is 44.9 Å². The molecule has 0 aliphatic rings. The van der Waals surface area contributed by atoms with Gasteiger partial charge in [-0.2, -0.15) is 0 Å². The molecule has 5 heteroatoms. The zero-order valence-corrected chi connectivity index (χ0v) is 13.8. The van der Waals surface area contributed by atoms with Crippen molar-refractivity contribution in [3.8, 4) is 0 Å². The summed E-state index contributed by atoms with van der Waals surface area (Å²) in [5.41, 5.74) is 0. The van der Waals surface area contributed by atoms with E-state index in [2.05, 4.69) is 11.9 Å². The topological polar surface area (TPSA) is 69.2 Å². The van der Waals surface area contributed by atoms with Crippen LogP contribution >= 0.6 is 0 Å². The van der Waals surface area contributed by atoms with Crippen molar-refractivity contribution in [1.82, 2.24) is 5.32 Å². The van der Waals surface area contributed by atoms with Gasteiger partial charge in [0.1, 0.15) is 0 Å². The van der Waals surface area contributed by atoms with E-state index in [1.807, 2.05) is 0 Å². The Labute approximate surface area is 137 Å². The van der Waals surface area contributed by atoms with Crippen molar-refractivity contribution in [1.29, 1.82) is 0 Å². The molecule has 0 spiro atoms. The summed E-state index contributed by atoms with van der Waals surface area (Å²) in [5.74, 6) is -1.24. The first-order valence-corrected chi connectivity index (χ1v) is 6.44. The van der Waals surface area contributed by atoms with Crippen LogP contribution in [0.5, 0.6) is 0 Å². The standard InChI is InChI=1S/C14H23NO3.Na/c1-2-13(16)15-12-10-8-6-4-3-5-7-9-11-14(17)18;/h2,9,11H,1,3-8,10,12H2,(H,15,16)(H,17,18);/q;+1/p-1. The third-order valence-electron chi connectivity index (χ3n) is 2.54. The van der Waals surface area contributed by atoms with Crippen molar-refractivity contribution in [2.24, 2.45) is 0 Å². The molecule has 0 aromatic heterocycles. The monoisotopic (exact) mass is 275 g/mol. The van der Waals surface area contributed by atoms with Gasteiger partial charge < -0.3 is 15.2 Å². The Morgan fingerprint density at radius 3 is 2.21 bits per heavy atom. The largest absolute Gasteiger partial charge is 1.00 e. The fourth-order valence-corrected chi connectivity index (χ4v) is 1.56. The van der Waals surface area contributed by atoms with Gasteiger partial charge in [-0.25, -0.2) is 0 Å². The number of carboxylic acid groups (broad SMARTS) is 1. The average Bonchev–Trinajstić information content (AvgIpc) is 2.35. The van der Waals surface area contributed by atoms with Crippen molar-refractivity contribution in [2.75, 3.05) is 6.54 Å². The van der Waals surface area contributed by atoms with Gasteiger partial charge in [0.2, 0.25) is 5.91 Å². The predicted octanol–water partition coefficient (Wildman–Crippen LogP) is -1.67. The number of amides is 1. The van der Waals surface area contributed by atoms with Crippen molar-refractivity contribution < 1.29 is 44.3 Å². The van der Waals surface area contributed by atoms with E-state index in [-0.39, 0.29) is 35.5 Å². The molecule has 0 aliphatic heterocycles. The van der Waals surface area contributed by atoms with Gasteiger partial charge in [-0.1, -0.05) is 38.3 Å². The summed E-state index contributed by atoms with van der Waals surface area (Å²) >= 11 is 0. The molecule has 1 amide bonds. The number of hydrogen-bond acceptors (Lipinski definition) is 3. The summed E-state index contributed by atoms with van der Waals surface area (Å²) < 4.78 is 0. The summed E-state index contributed by atoms with van der Waals surface area (Å²) in [7, 11) is 0. The summed E-state index contributed by atoms with van der Waals surface area (Å²) in [6.45, 7) is 4.08. The van der Waals surface area contributed by atoms with Gasteiger partial charge >= 0.3 is 29.6 Å². The van der Waals surface area contributed by atoms with E-state index in [0.717, 1.165) is 51.0 Å². The van der Waals surface area contributed by atoms with Crippen LogP contribution in [0.25, 0.3) is 0 Å². The molecule has 0 unspecified atom stereocenters. The number of allylic oxidation sites excluding steroid dienone is 1. The molecule has 0 aliphatic carbocycles. The van der Waals surface area contributed by atoms with E-state index < -0.39 is 5.97 Å². The van der Waals surface area contributed by atoms with Crippen molar-refractivity contribution in [3.05, 3.63) is 24.8 Å². The van der Waals surface area contributed by atoms with E-state index in [0.29, 0.717) is 6.54 Å². The Morgan fingerprint density at radius 1 is 1.05 bits per heavy atom. The van der Waals surface area contributed by atoms with Crippen LogP contribution in [0.3, 0.4) is 0 Å². The maximum absolute atomic E-state index is 10.8. The number of unbranched alkanes of at least 4 members (excludes halogenated alkanes) is 6. The number of carboxylic acids is 1. The van der Waals surface area contributed by atoms with E-state index in [4.69, 9.17) is 0 Å². The fourth-order valence-electron chi connectivity index (χ4n) is 1.56. The fraction of sp³-hybridized carbons (Fsp3) is 0.571. The number of carbonyl (C=O) groups is 2. The third kappa shape index (κ3) is 17.4. The van der Waals surface area contributed by atoms with Gasteiger partial charge in [-0.3, -0.25) is 4.79 Å². The van der Waals surface area contributed by atoms with Crippen molar-refractivity contribution in [3.63, 3.8) is 0 Å². The summed E-state index contributed by atoms with van der Waals surface area (Å²) in [6, 6.07) is 0. The second-order valence-electron chi connectivity index (χ2n) is 4.13. The molecule has 102 valence electrons. The summed E-state index contributed by atoms with van der Waals surface area (Å²) in [4.78, 5) is 20.9. The molecular formula is C14H22NNaO3. The Bertz CT molecular complexity index is 290. The van der Waals surface area contributed by atoms with E-state index in [1.165, 1.54) is 6.08 Å². The zero-order valence-electron chi connectivity index (χ0n) is 11.8. The third-order valence-corrected chi connectivity index (χ3v) is 2.54. The first-order chi connectivity index (χ1) is 8.66. The molecule has 0 heterocycles. The van der Waals surface area contributed by atoms with E-state index >= 15 is 0 Å². The Kier molecular flexibility index (Phi) is 16.9. The average molecular weight is 275 g/mol. The molecule has 0 rings (SSSR count). The Hall–Kier alpha value is -0.580. The molecule has 4 nitrogen and oxygen atoms in total. The molecule has 0 aromatic carbocycles. The maximum atomic E-state index is 10.8. The molecule has 19 heavy (non-hydrogen) atoms. The molecule has 0 bridgehead atoms. The van der Waals surface area contributed by atoms with Crippen LogP contribution in [0.4, 0.5) is 0 Å². The van der Waals surface area contributed by atoms with E-state index in [9.17, 15) is 14.7 Å². The molecule has 0 aromatic rings. The second kappa shape index (κ2) is 15.5. The van der Waals surface area contributed by atoms with Gasteiger partial charge in [0.15, 0.2) is 0 Å². The number of carbonyl (C=O) groups excluding carboxylic acids is 2. The van der Waals surface area contributed by atoms with Crippen LogP contribution in [0.2, 0.25) is 0 Å². The quantitative estimate of drug-likeness (QED) is 0.278. The van der Waals surface area contributed by atoms with Crippen LogP contribution in [-0.4, -0.2) is 18.4 Å². The van der Waals surface area contributed by atoms with E-state index in [1.54, 1.807) is 6.08 Å². The molecule has 0 atom stereocenters. The first-order valence-electron chi connectivity index (χ1n) is 6.44. The second-order valence-corrected chi connectivity index (χ2v) is 4.13. The Balaban J connectivity index is 0. The van der Waals surface area contributed by atoms with Gasteiger partial charge in [0.25, 0.3) is 0 Å². The van der Waals surface area contributed by atoms with Gasteiger partial charge in [-0.05, 0) is 31.4 Å². The maximum Gasteiger partial charge on any atom is 1.00 e. The minimum absolute atomic E-state index is 0. The predicted molar refractivity (Wildman–Crippen MR) is 69.7 cm³/mol. The number of nitrogens with one attached hydrogen (secondary N) is 1. The summed E-state index contributed by atoms with van der Waals surface area (Å²) in [5, 5.41) is 12.8. The zero-order chi connectivity index (χ0) is 13.6. The number of rotatable bonds is 11. The Morgan fingerprint density at radius 2 is 1.63 bits per heavy atom. The number of aliphatic carboxylic acids is 1. The van der Waals surface area contributed by atoms with Gasteiger partial charge in [-0.15, -0.1) is 0 Å². The SMILES string of the molecule is C=CC(=O)NCCCCCCCCC=CC(=O)[O-].[Na+]. The molecular weight excluding hydrogens is 253 g/mol. The van der Waals surface area contributed by atoms with Crippen LogP contribution in [0.15, 0.2) is 24.8 Å². The van der Waals surface area contributed by atoms with Crippen LogP contribution in [0, 0.1) is 0 Å².